The van der Waals surface area contributed by atoms with E-state index in [4.69, 9.17) is 5.84 Å². The molecule has 6 nitrogen and oxygen atoms in total. The summed E-state index contributed by atoms with van der Waals surface area (Å²) >= 11 is 0. The van der Waals surface area contributed by atoms with Crippen molar-refractivity contribution >= 4 is 23.1 Å². The molecule has 20 heavy (non-hydrogen) atoms. The summed E-state index contributed by atoms with van der Waals surface area (Å²) < 4.78 is 0. The fourth-order valence-corrected chi connectivity index (χ4v) is 1.76. The molecule has 0 radical (unpaired) electrons. The number of carbonyl (C=O) groups excluding carboxylic acids is 1. The number of nitrogen functional groups attached to an aromatic ring is 1. The van der Waals surface area contributed by atoms with Gasteiger partial charge < -0.3 is 15.6 Å². The van der Waals surface area contributed by atoms with E-state index in [9.17, 15) is 4.79 Å². The van der Waals surface area contributed by atoms with Gasteiger partial charge in [0.1, 0.15) is 0 Å². The molecule has 0 aliphatic carbocycles. The van der Waals surface area contributed by atoms with E-state index in [0.29, 0.717) is 17.1 Å². The third-order valence-electron chi connectivity index (χ3n) is 2.81. The lowest BCUT2D eigenvalue weighted by Gasteiger charge is -2.14. The molecule has 0 bridgehead atoms. The largest absolute Gasteiger partial charge is 0.378 e. The lowest BCUT2D eigenvalue weighted by Crippen LogP contribution is -2.18. The summed E-state index contributed by atoms with van der Waals surface area (Å²) in [5.74, 6) is 5.43. The van der Waals surface area contributed by atoms with E-state index in [-0.39, 0.29) is 5.91 Å². The SMILES string of the molecule is CN(C)c1cccc(NC(=O)c2cccnc2NN)c1. The zero-order chi connectivity index (χ0) is 14.5. The topological polar surface area (TPSA) is 83.3 Å². The van der Waals surface area contributed by atoms with Gasteiger partial charge in [0.25, 0.3) is 5.91 Å². The number of aromatic nitrogens is 1. The average molecular weight is 271 g/mol. The van der Waals surface area contributed by atoms with Crippen molar-refractivity contribution in [1.82, 2.24) is 4.98 Å². The van der Waals surface area contributed by atoms with Crippen molar-refractivity contribution in [2.45, 2.75) is 0 Å². The molecule has 104 valence electrons. The minimum atomic E-state index is -0.262. The molecule has 0 aliphatic rings. The Bertz CT molecular complexity index is 612. The zero-order valence-corrected chi connectivity index (χ0v) is 11.4. The normalized spacial score (nSPS) is 9.95. The van der Waals surface area contributed by atoms with Crippen LogP contribution in [0.3, 0.4) is 0 Å². The summed E-state index contributed by atoms with van der Waals surface area (Å²) in [6.07, 6.45) is 1.57. The number of nitrogens with two attached hydrogens (primary N) is 1. The van der Waals surface area contributed by atoms with E-state index in [1.807, 2.05) is 43.3 Å². The lowest BCUT2D eigenvalue weighted by molar-refractivity contribution is 0.102. The van der Waals surface area contributed by atoms with Crippen molar-refractivity contribution in [3.63, 3.8) is 0 Å². The van der Waals surface area contributed by atoms with Gasteiger partial charge in [0.2, 0.25) is 0 Å². The molecule has 1 aromatic carbocycles. The molecule has 0 unspecified atom stereocenters. The van der Waals surface area contributed by atoms with E-state index in [0.717, 1.165) is 5.69 Å². The number of benzene rings is 1. The number of pyridine rings is 1. The summed E-state index contributed by atoms with van der Waals surface area (Å²) in [4.78, 5) is 18.2. The molecule has 2 aromatic rings. The highest BCUT2D eigenvalue weighted by atomic mass is 16.1. The van der Waals surface area contributed by atoms with E-state index < -0.39 is 0 Å². The van der Waals surface area contributed by atoms with E-state index >= 15 is 0 Å². The van der Waals surface area contributed by atoms with E-state index in [2.05, 4.69) is 15.7 Å². The summed E-state index contributed by atoms with van der Waals surface area (Å²) in [6.45, 7) is 0. The van der Waals surface area contributed by atoms with Gasteiger partial charge in [-0.1, -0.05) is 6.07 Å². The first-order chi connectivity index (χ1) is 9.61. The second kappa shape index (κ2) is 6.03. The fraction of sp³-hybridized carbons (Fsp3) is 0.143. The Labute approximate surface area is 117 Å². The molecule has 0 atom stereocenters. The first-order valence-corrected chi connectivity index (χ1v) is 6.12. The molecule has 0 saturated carbocycles. The van der Waals surface area contributed by atoms with Gasteiger partial charge in [0.05, 0.1) is 5.56 Å². The van der Waals surface area contributed by atoms with Crippen LogP contribution in [0.15, 0.2) is 42.6 Å². The molecule has 1 aromatic heterocycles. The van der Waals surface area contributed by atoms with Crippen LogP contribution in [0.2, 0.25) is 0 Å². The molecule has 1 heterocycles. The maximum absolute atomic E-state index is 12.2. The fourth-order valence-electron chi connectivity index (χ4n) is 1.76. The number of hydrogen-bond donors (Lipinski definition) is 3. The maximum atomic E-state index is 12.2. The van der Waals surface area contributed by atoms with Gasteiger partial charge in [-0.2, -0.15) is 0 Å². The lowest BCUT2D eigenvalue weighted by atomic mass is 10.2. The summed E-state index contributed by atoms with van der Waals surface area (Å²) in [5.41, 5.74) is 4.53. The Morgan fingerprint density at radius 1 is 1.25 bits per heavy atom. The number of rotatable bonds is 4. The Morgan fingerprint density at radius 3 is 2.75 bits per heavy atom. The third kappa shape index (κ3) is 3.04. The first-order valence-electron chi connectivity index (χ1n) is 6.12. The molecular formula is C14H17N5O. The monoisotopic (exact) mass is 271 g/mol. The number of nitrogens with one attached hydrogen (secondary N) is 2. The van der Waals surface area contributed by atoms with Gasteiger partial charge in [-0.25, -0.2) is 10.8 Å². The van der Waals surface area contributed by atoms with Crippen molar-refractivity contribution in [3.05, 3.63) is 48.2 Å². The number of amides is 1. The molecule has 1 amide bonds. The van der Waals surface area contributed by atoms with Crippen LogP contribution in [0.5, 0.6) is 0 Å². The predicted octanol–water partition coefficient (Wildman–Crippen LogP) is 1.69. The number of hydrazine groups is 1. The number of hydrogen-bond acceptors (Lipinski definition) is 5. The second-order valence-electron chi connectivity index (χ2n) is 4.44. The number of nitrogens with zero attached hydrogens (tertiary/aromatic N) is 2. The number of carbonyl (C=O) groups is 1. The quantitative estimate of drug-likeness (QED) is 0.582. The number of anilines is 3. The summed E-state index contributed by atoms with van der Waals surface area (Å²) in [7, 11) is 3.89. The second-order valence-corrected chi connectivity index (χ2v) is 4.44. The van der Waals surface area contributed by atoms with Crippen LogP contribution in [-0.2, 0) is 0 Å². The van der Waals surface area contributed by atoms with Crippen LogP contribution < -0.4 is 21.5 Å². The minimum Gasteiger partial charge on any atom is -0.378 e. The molecule has 2 rings (SSSR count). The van der Waals surface area contributed by atoms with Gasteiger partial charge >= 0.3 is 0 Å². The smallest absolute Gasteiger partial charge is 0.259 e. The van der Waals surface area contributed by atoms with Crippen molar-refractivity contribution < 1.29 is 4.79 Å². The van der Waals surface area contributed by atoms with Crippen molar-refractivity contribution in [3.8, 4) is 0 Å². The molecule has 0 aliphatic heterocycles. The van der Waals surface area contributed by atoms with Crippen LogP contribution in [0.25, 0.3) is 0 Å². The van der Waals surface area contributed by atoms with Gasteiger partial charge in [-0.15, -0.1) is 0 Å². The van der Waals surface area contributed by atoms with Gasteiger partial charge in [0, 0.05) is 31.7 Å². The van der Waals surface area contributed by atoms with Crippen LogP contribution >= 0.6 is 0 Å². The van der Waals surface area contributed by atoms with Crippen molar-refractivity contribution in [2.75, 3.05) is 29.7 Å². The van der Waals surface area contributed by atoms with Crippen molar-refractivity contribution in [1.29, 1.82) is 0 Å². The summed E-state index contributed by atoms with van der Waals surface area (Å²) in [5, 5.41) is 2.83. The maximum Gasteiger partial charge on any atom is 0.259 e. The highest BCUT2D eigenvalue weighted by Gasteiger charge is 2.11. The highest BCUT2D eigenvalue weighted by molar-refractivity contribution is 6.07. The predicted molar refractivity (Wildman–Crippen MR) is 80.8 cm³/mol. The first kappa shape index (κ1) is 13.8. The molecular weight excluding hydrogens is 254 g/mol. The van der Waals surface area contributed by atoms with E-state index in [1.54, 1.807) is 18.3 Å². The molecule has 0 fully saturated rings. The highest BCUT2D eigenvalue weighted by Crippen LogP contribution is 2.19. The summed E-state index contributed by atoms with van der Waals surface area (Å²) in [6, 6.07) is 10.9. The van der Waals surface area contributed by atoms with Crippen LogP contribution in [0.1, 0.15) is 10.4 Å². The van der Waals surface area contributed by atoms with Crippen LogP contribution in [-0.4, -0.2) is 25.0 Å². The van der Waals surface area contributed by atoms with Crippen LogP contribution in [0, 0.1) is 0 Å². The van der Waals surface area contributed by atoms with Crippen molar-refractivity contribution in [2.24, 2.45) is 5.84 Å². The Balaban J connectivity index is 2.21. The zero-order valence-electron chi connectivity index (χ0n) is 11.4. The third-order valence-corrected chi connectivity index (χ3v) is 2.81. The van der Waals surface area contributed by atoms with Crippen LogP contribution in [0.4, 0.5) is 17.2 Å². The Hall–Kier alpha value is -2.60. The Kier molecular flexibility index (Phi) is 4.17. The van der Waals surface area contributed by atoms with E-state index in [1.165, 1.54) is 0 Å². The standard InChI is InChI=1S/C14H17N5O/c1-19(2)11-6-3-5-10(9-11)17-14(20)12-7-4-8-16-13(12)18-15/h3-9H,15H2,1-2H3,(H,16,18)(H,17,20). The molecule has 6 heteroatoms. The van der Waals surface area contributed by atoms with Gasteiger partial charge in [-0.05, 0) is 30.3 Å². The molecule has 0 spiro atoms. The average Bonchev–Trinajstić information content (AvgIpc) is 2.47. The molecule has 4 N–H and O–H groups in total. The molecule has 0 saturated heterocycles. The Morgan fingerprint density at radius 2 is 2.05 bits per heavy atom. The minimum absolute atomic E-state index is 0.262. The van der Waals surface area contributed by atoms with Gasteiger partial charge in [-0.3, -0.25) is 4.79 Å². The van der Waals surface area contributed by atoms with Gasteiger partial charge in [0.15, 0.2) is 5.82 Å².